The van der Waals surface area contributed by atoms with E-state index in [4.69, 9.17) is 0 Å². The minimum Gasteiger partial charge on any atom is -0.303 e. The van der Waals surface area contributed by atoms with Crippen molar-refractivity contribution in [2.75, 3.05) is 0 Å². The minimum atomic E-state index is 0.207. The highest BCUT2D eigenvalue weighted by atomic mass is 16.1. The maximum absolute atomic E-state index is 10.5. The lowest BCUT2D eigenvalue weighted by Crippen LogP contribution is -2.15. The molecule has 0 saturated heterocycles. The van der Waals surface area contributed by atoms with Gasteiger partial charge in [-0.1, -0.05) is 26.0 Å². The lowest BCUT2D eigenvalue weighted by atomic mass is 9.83. The Morgan fingerprint density at radius 1 is 1.45 bits per heavy atom. The highest BCUT2D eigenvalue weighted by Gasteiger charge is 2.17. The van der Waals surface area contributed by atoms with Crippen LogP contribution in [-0.2, 0) is 4.79 Å². The van der Waals surface area contributed by atoms with Crippen LogP contribution in [0.5, 0.6) is 0 Å². The molecule has 0 N–H and O–H groups in total. The van der Waals surface area contributed by atoms with Gasteiger partial charge in [-0.2, -0.15) is 0 Å². The Balaban J connectivity index is 2.49. The fraction of sp³-hybridized carbons (Fsp3) is 0.700. The predicted octanol–water partition coefficient (Wildman–Crippen LogP) is 2.42. The van der Waals surface area contributed by atoms with Crippen molar-refractivity contribution in [1.82, 2.24) is 0 Å². The predicted molar refractivity (Wildman–Crippen MR) is 46.3 cm³/mol. The monoisotopic (exact) mass is 152 g/mol. The summed E-state index contributed by atoms with van der Waals surface area (Å²) in [6, 6.07) is 0. The smallest absolute Gasteiger partial charge is 0.123 e. The van der Waals surface area contributed by atoms with E-state index in [9.17, 15) is 4.79 Å². The maximum atomic E-state index is 10.5. The summed E-state index contributed by atoms with van der Waals surface area (Å²) in [5.41, 5.74) is 0. The summed E-state index contributed by atoms with van der Waals surface area (Å²) in [7, 11) is 0. The molecular formula is C10H16O. The summed E-state index contributed by atoms with van der Waals surface area (Å²) < 4.78 is 0. The van der Waals surface area contributed by atoms with Crippen LogP contribution in [0.15, 0.2) is 12.2 Å². The Hall–Kier alpha value is -0.590. The normalized spacial score (nSPS) is 33.3. The van der Waals surface area contributed by atoms with Gasteiger partial charge in [0.15, 0.2) is 0 Å². The summed E-state index contributed by atoms with van der Waals surface area (Å²) >= 11 is 0. The Morgan fingerprint density at radius 2 is 2.18 bits per heavy atom. The molecule has 0 bridgehead atoms. The number of hydrogen-bond donors (Lipinski definition) is 0. The Bertz CT molecular complexity index is 160. The van der Waals surface area contributed by atoms with Crippen molar-refractivity contribution in [3.05, 3.63) is 12.2 Å². The molecule has 0 heterocycles. The molecule has 1 aliphatic carbocycles. The average molecular weight is 152 g/mol. The van der Waals surface area contributed by atoms with Crippen LogP contribution >= 0.6 is 0 Å². The first-order valence-electron chi connectivity index (χ1n) is 4.37. The molecule has 0 aromatic heterocycles. The number of aldehydes is 1. The third kappa shape index (κ3) is 2.18. The van der Waals surface area contributed by atoms with Crippen LogP contribution in [0.2, 0.25) is 0 Å². The van der Waals surface area contributed by atoms with Gasteiger partial charge in [-0.25, -0.2) is 0 Å². The Labute approximate surface area is 68.5 Å². The average Bonchev–Trinajstić information content (AvgIpc) is 2.05. The van der Waals surface area contributed by atoms with E-state index >= 15 is 0 Å². The summed E-state index contributed by atoms with van der Waals surface area (Å²) in [5, 5.41) is 0. The van der Waals surface area contributed by atoms with Crippen molar-refractivity contribution in [2.24, 2.45) is 17.8 Å². The molecule has 1 nitrogen and oxygen atoms in total. The van der Waals surface area contributed by atoms with E-state index in [2.05, 4.69) is 19.1 Å². The van der Waals surface area contributed by atoms with Gasteiger partial charge in [0, 0.05) is 5.92 Å². The van der Waals surface area contributed by atoms with Crippen LogP contribution in [0.25, 0.3) is 0 Å². The van der Waals surface area contributed by atoms with Crippen LogP contribution in [0.4, 0.5) is 0 Å². The molecule has 0 aromatic rings. The van der Waals surface area contributed by atoms with E-state index in [-0.39, 0.29) is 5.92 Å². The second-order valence-corrected chi connectivity index (χ2v) is 3.60. The number of hydrogen-bond acceptors (Lipinski definition) is 1. The molecule has 0 fully saturated rings. The van der Waals surface area contributed by atoms with Crippen LogP contribution in [-0.4, -0.2) is 6.29 Å². The fourth-order valence-electron chi connectivity index (χ4n) is 1.52. The lowest BCUT2D eigenvalue weighted by molar-refractivity contribution is -0.111. The highest BCUT2D eigenvalue weighted by Crippen LogP contribution is 2.26. The molecule has 0 aliphatic heterocycles. The lowest BCUT2D eigenvalue weighted by Gasteiger charge is -2.22. The van der Waals surface area contributed by atoms with Gasteiger partial charge in [-0.05, 0) is 24.7 Å². The quantitative estimate of drug-likeness (QED) is 0.438. The summed E-state index contributed by atoms with van der Waals surface area (Å²) in [4.78, 5) is 10.5. The first-order chi connectivity index (χ1) is 5.24. The van der Waals surface area contributed by atoms with Gasteiger partial charge in [-0.15, -0.1) is 0 Å². The molecule has 62 valence electrons. The van der Waals surface area contributed by atoms with Crippen molar-refractivity contribution in [3.8, 4) is 0 Å². The molecule has 0 amide bonds. The molecule has 1 aliphatic rings. The van der Waals surface area contributed by atoms with Crippen LogP contribution in [0.1, 0.15) is 26.7 Å². The largest absolute Gasteiger partial charge is 0.303 e. The number of carbonyl (C=O) groups excluding carboxylic acids is 1. The van der Waals surface area contributed by atoms with E-state index in [0.29, 0.717) is 11.8 Å². The molecule has 1 rings (SSSR count). The molecule has 11 heavy (non-hydrogen) atoms. The van der Waals surface area contributed by atoms with E-state index in [0.717, 1.165) is 6.29 Å². The zero-order valence-corrected chi connectivity index (χ0v) is 7.29. The van der Waals surface area contributed by atoms with E-state index in [1.54, 1.807) is 0 Å². The Kier molecular flexibility index (Phi) is 2.86. The number of rotatable bonds is 2. The molecule has 0 radical (unpaired) electrons. The molecular weight excluding hydrogens is 136 g/mol. The topological polar surface area (TPSA) is 17.1 Å². The van der Waals surface area contributed by atoms with Gasteiger partial charge in [-0.3, -0.25) is 0 Å². The Morgan fingerprint density at radius 3 is 2.64 bits per heavy atom. The van der Waals surface area contributed by atoms with Gasteiger partial charge in [0.1, 0.15) is 6.29 Å². The minimum absolute atomic E-state index is 0.207. The third-order valence-corrected chi connectivity index (χ3v) is 2.53. The van der Waals surface area contributed by atoms with Gasteiger partial charge in [0.25, 0.3) is 0 Å². The molecule has 3 unspecified atom stereocenters. The molecule has 1 heteroatoms. The number of allylic oxidation sites excluding steroid dienone is 2. The van der Waals surface area contributed by atoms with Crippen LogP contribution < -0.4 is 0 Å². The van der Waals surface area contributed by atoms with Gasteiger partial charge < -0.3 is 4.79 Å². The maximum Gasteiger partial charge on any atom is 0.123 e. The van der Waals surface area contributed by atoms with Crippen molar-refractivity contribution in [3.63, 3.8) is 0 Å². The zero-order chi connectivity index (χ0) is 8.27. The molecule has 0 saturated carbocycles. The summed E-state index contributed by atoms with van der Waals surface area (Å²) in [5.74, 6) is 1.42. The van der Waals surface area contributed by atoms with Gasteiger partial charge >= 0.3 is 0 Å². The summed E-state index contributed by atoms with van der Waals surface area (Å²) in [6.45, 7) is 4.22. The molecule has 0 spiro atoms. The van der Waals surface area contributed by atoms with Crippen molar-refractivity contribution in [2.45, 2.75) is 26.7 Å². The fourth-order valence-corrected chi connectivity index (χ4v) is 1.52. The van der Waals surface area contributed by atoms with Gasteiger partial charge in [0.05, 0.1) is 0 Å². The standard InChI is InChI=1S/C10H16O/c1-8-3-5-10(6-4-8)9(2)7-11/h3,5,7-10H,4,6H2,1-2H3. The molecule has 0 aromatic carbocycles. The van der Waals surface area contributed by atoms with E-state index in [1.807, 2.05) is 6.92 Å². The third-order valence-electron chi connectivity index (χ3n) is 2.53. The second kappa shape index (κ2) is 3.70. The highest BCUT2D eigenvalue weighted by molar-refractivity contribution is 5.53. The van der Waals surface area contributed by atoms with Gasteiger partial charge in [0.2, 0.25) is 0 Å². The number of carbonyl (C=O) groups is 1. The van der Waals surface area contributed by atoms with Crippen molar-refractivity contribution in [1.29, 1.82) is 0 Å². The van der Waals surface area contributed by atoms with Crippen molar-refractivity contribution >= 4 is 6.29 Å². The van der Waals surface area contributed by atoms with Crippen LogP contribution in [0.3, 0.4) is 0 Å². The van der Waals surface area contributed by atoms with Crippen molar-refractivity contribution < 1.29 is 4.79 Å². The second-order valence-electron chi connectivity index (χ2n) is 3.60. The molecule has 3 atom stereocenters. The van der Waals surface area contributed by atoms with E-state index in [1.165, 1.54) is 12.8 Å². The zero-order valence-electron chi connectivity index (χ0n) is 7.29. The first-order valence-corrected chi connectivity index (χ1v) is 4.37. The SMILES string of the molecule is CC1C=CC(C(C)C=O)CC1. The first kappa shape index (κ1) is 8.51. The summed E-state index contributed by atoms with van der Waals surface area (Å²) in [6.07, 6.45) is 7.91. The van der Waals surface area contributed by atoms with E-state index < -0.39 is 0 Å². The van der Waals surface area contributed by atoms with Crippen LogP contribution in [0, 0.1) is 17.8 Å².